The molecule has 162 valence electrons. The summed E-state index contributed by atoms with van der Waals surface area (Å²) in [6.07, 6.45) is 0.430. The van der Waals surface area contributed by atoms with Crippen molar-refractivity contribution in [1.29, 1.82) is 0 Å². The number of rotatable bonds is 4. The van der Waals surface area contributed by atoms with Crippen LogP contribution >= 0.6 is 11.6 Å². The number of hydrogen-bond acceptors (Lipinski definition) is 5. The second-order valence-electron chi connectivity index (χ2n) is 7.24. The number of carbonyl (C=O) groups excluding carboxylic acids is 2. The molecule has 0 atom stereocenters. The molecule has 0 aliphatic carbocycles. The maximum Gasteiger partial charge on any atom is 0.270 e. The molecule has 10 heteroatoms. The molecule has 0 spiro atoms. The first-order chi connectivity index (χ1) is 14.9. The highest BCUT2D eigenvalue weighted by Gasteiger charge is 2.33. The highest BCUT2D eigenvalue weighted by molar-refractivity contribution is 7.89. The van der Waals surface area contributed by atoms with Gasteiger partial charge in [-0.05, 0) is 36.4 Å². The first-order valence-corrected chi connectivity index (χ1v) is 11.7. The molecule has 2 aromatic rings. The van der Waals surface area contributed by atoms with E-state index in [2.05, 4.69) is 5.10 Å². The number of sulfonamides is 1. The Labute approximate surface area is 185 Å². The van der Waals surface area contributed by atoms with Gasteiger partial charge in [-0.15, -0.1) is 0 Å². The normalized spacial score (nSPS) is 18.1. The summed E-state index contributed by atoms with van der Waals surface area (Å²) >= 11 is 5.90. The Bertz CT molecular complexity index is 1110. The van der Waals surface area contributed by atoms with Crippen molar-refractivity contribution in [3.63, 3.8) is 0 Å². The van der Waals surface area contributed by atoms with Crippen molar-refractivity contribution in [2.75, 3.05) is 31.2 Å². The van der Waals surface area contributed by atoms with Gasteiger partial charge in [0, 0.05) is 44.0 Å². The van der Waals surface area contributed by atoms with Crippen molar-refractivity contribution in [2.45, 2.75) is 17.7 Å². The van der Waals surface area contributed by atoms with Gasteiger partial charge in [0.1, 0.15) is 5.71 Å². The number of anilines is 1. The summed E-state index contributed by atoms with van der Waals surface area (Å²) in [5, 5.41) is 6.05. The minimum Gasteiger partial charge on any atom is -0.335 e. The smallest absolute Gasteiger partial charge is 0.270 e. The van der Waals surface area contributed by atoms with Crippen LogP contribution < -0.4 is 5.01 Å². The first-order valence-electron chi connectivity index (χ1n) is 9.87. The summed E-state index contributed by atoms with van der Waals surface area (Å²) in [5.74, 6) is -0.471. The number of amides is 2. The Morgan fingerprint density at radius 2 is 1.55 bits per heavy atom. The third-order valence-electron chi connectivity index (χ3n) is 5.26. The van der Waals surface area contributed by atoms with Crippen molar-refractivity contribution in [3.05, 3.63) is 59.6 Å². The van der Waals surface area contributed by atoms with Gasteiger partial charge >= 0.3 is 0 Å². The highest BCUT2D eigenvalue weighted by atomic mass is 35.5. The van der Waals surface area contributed by atoms with E-state index in [4.69, 9.17) is 11.6 Å². The van der Waals surface area contributed by atoms with E-state index in [1.807, 2.05) is 0 Å². The van der Waals surface area contributed by atoms with E-state index in [-0.39, 0.29) is 61.4 Å². The highest BCUT2D eigenvalue weighted by Crippen LogP contribution is 2.23. The maximum atomic E-state index is 13.0. The van der Waals surface area contributed by atoms with E-state index in [9.17, 15) is 18.0 Å². The number of benzene rings is 2. The van der Waals surface area contributed by atoms with Gasteiger partial charge in [-0.2, -0.15) is 9.41 Å². The molecule has 2 aliphatic heterocycles. The molecule has 2 amide bonds. The van der Waals surface area contributed by atoms with E-state index in [1.54, 1.807) is 59.5 Å². The van der Waals surface area contributed by atoms with E-state index in [0.29, 0.717) is 10.7 Å². The van der Waals surface area contributed by atoms with E-state index < -0.39 is 10.0 Å². The number of halogens is 1. The van der Waals surface area contributed by atoms with Crippen molar-refractivity contribution >= 4 is 44.8 Å². The van der Waals surface area contributed by atoms with Gasteiger partial charge in [0.25, 0.3) is 5.91 Å². The Morgan fingerprint density at radius 1 is 0.903 bits per heavy atom. The predicted molar refractivity (Wildman–Crippen MR) is 117 cm³/mol. The third-order valence-corrected chi connectivity index (χ3v) is 7.42. The number of carbonyl (C=O) groups is 2. The fourth-order valence-electron chi connectivity index (χ4n) is 3.55. The summed E-state index contributed by atoms with van der Waals surface area (Å²) in [7, 11) is -3.59. The molecule has 0 radical (unpaired) electrons. The topological polar surface area (TPSA) is 90.4 Å². The molecule has 0 N–H and O–H groups in total. The van der Waals surface area contributed by atoms with E-state index >= 15 is 0 Å². The second kappa shape index (κ2) is 8.78. The minimum atomic E-state index is -3.59. The van der Waals surface area contributed by atoms with Crippen LogP contribution in [0.1, 0.15) is 12.8 Å². The van der Waals surface area contributed by atoms with Gasteiger partial charge in [0.05, 0.1) is 10.6 Å². The Hall–Kier alpha value is -2.75. The standard InChI is InChI=1S/C21H21ClN4O4S/c22-16-6-8-17(9-7-16)26-20(27)11-10-19(23-26)21(28)24-12-14-25(15-13-24)31(29,30)18-4-2-1-3-5-18/h1-9H,10-15H2. The summed E-state index contributed by atoms with van der Waals surface area (Å²) < 4.78 is 26.9. The lowest BCUT2D eigenvalue weighted by Crippen LogP contribution is -2.52. The fourth-order valence-corrected chi connectivity index (χ4v) is 5.12. The molecule has 0 unspecified atom stereocenters. The monoisotopic (exact) mass is 460 g/mol. The molecule has 2 aromatic carbocycles. The molecular formula is C21H21ClN4O4S. The molecule has 0 aromatic heterocycles. The lowest BCUT2D eigenvalue weighted by Gasteiger charge is -2.35. The molecule has 31 heavy (non-hydrogen) atoms. The zero-order valence-corrected chi connectivity index (χ0v) is 18.2. The molecule has 1 saturated heterocycles. The molecule has 8 nitrogen and oxygen atoms in total. The minimum absolute atomic E-state index is 0.176. The number of hydrazone groups is 1. The summed E-state index contributed by atoms with van der Waals surface area (Å²) in [6.45, 7) is 0.934. The zero-order chi connectivity index (χ0) is 22.0. The maximum absolute atomic E-state index is 13.0. The average molecular weight is 461 g/mol. The van der Waals surface area contributed by atoms with Crippen molar-refractivity contribution < 1.29 is 18.0 Å². The quantitative estimate of drug-likeness (QED) is 0.700. The Morgan fingerprint density at radius 3 is 2.19 bits per heavy atom. The largest absolute Gasteiger partial charge is 0.335 e. The van der Waals surface area contributed by atoms with E-state index in [1.165, 1.54) is 9.31 Å². The second-order valence-corrected chi connectivity index (χ2v) is 9.61. The summed E-state index contributed by atoms with van der Waals surface area (Å²) in [6, 6.07) is 14.9. The van der Waals surface area contributed by atoms with Gasteiger partial charge in [0.2, 0.25) is 15.9 Å². The molecule has 4 rings (SSSR count). The number of nitrogens with zero attached hydrogens (tertiary/aromatic N) is 4. The van der Waals surface area contributed by atoms with Crippen LogP contribution in [0.5, 0.6) is 0 Å². The zero-order valence-electron chi connectivity index (χ0n) is 16.6. The Balaban J connectivity index is 1.45. The molecule has 2 aliphatic rings. The van der Waals surface area contributed by atoms with Crippen molar-refractivity contribution in [1.82, 2.24) is 9.21 Å². The number of hydrogen-bond donors (Lipinski definition) is 0. The lowest BCUT2D eigenvalue weighted by molar-refractivity contribution is -0.125. The van der Waals surface area contributed by atoms with Gasteiger partial charge in [-0.1, -0.05) is 29.8 Å². The third kappa shape index (κ3) is 4.48. The molecule has 0 bridgehead atoms. The molecule has 1 fully saturated rings. The van der Waals surface area contributed by atoms with Crippen LogP contribution in [0.2, 0.25) is 5.02 Å². The van der Waals surface area contributed by atoms with Gasteiger partial charge < -0.3 is 4.90 Å². The SMILES string of the molecule is O=C(C1=NN(c2ccc(Cl)cc2)C(=O)CC1)N1CCN(S(=O)(=O)c2ccccc2)CC1. The number of piperazine rings is 1. The Kier molecular flexibility index (Phi) is 6.08. The van der Waals surface area contributed by atoms with Crippen LogP contribution in [0.15, 0.2) is 64.6 Å². The average Bonchev–Trinajstić information content (AvgIpc) is 2.80. The molecule has 2 heterocycles. The van der Waals surface area contributed by atoms with Crippen LogP contribution in [0.25, 0.3) is 0 Å². The van der Waals surface area contributed by atoms with Crippen molar-refractivity contribution in [3.8, 4) is 0 Å². The van der Waals surface area contributed by atoms with Crippen LogP contribution in [0, 0.1) is 0 Å². The van der Waals surface area contributed by atoms with Crippen LogP contribution in [-0.2, 0) is 19.6 Å². The fraction of sp³-hybridized carbons (Fsp3) is 0.286. The van der Waals surface area contributed by atoms with E-state index in [0.717, 1.165) is 0 Å². The summed E-state index contributed by atoms with van der Waals surface area (Å²) in [5.41, 5.74) is 0.826. The van der Waals surface area contributed by atoms with Crippen molar-refractivity contribution in [2.24, 2.45) is 5.10 Å². The van der Waals surface area contributed by atoms with Gasteiger partial charge in [-0.25, -0.2) is 13.4 Å². The molecule has 0 saturated carbocycles. The van der Waals surface area contributed by atoms with Crippen LogP contribution in [0.4, 0.5) is 5.69 Å². The van der Waals surface area contributed by atoms with Crippen LogP contribution in [-0.4, -0.2) is 61.3 Å². The van der Waals surface area contributed by atoms with Gasteiger partial charge in [0.15, 0.2) is 0 Å². The molecular weight excluding hydrogens is 440 g/mol. The first kappa shape index (κ1) is 21.5. The van der Waals surface area contributed by atoms with Crippen LogP contribution in [0.3, 0.4) is 0 Å². The lowest BCUT2D eigenvalue weighted by atomic mass is 10.1. The predicted octanol–water partition coefficient (Wildman–Crippen LogP) is 2.36. The van der Waals surface area contributed by atoms with Gasteiger partial charge in [-0.3, -0.25) is 9.59 Å². The summed E-state index contributed by atoms with van der Waals surface area (Å²) in [4.78, 5) is 27.1.